The van der Waals surface area contributed by atoms with E-state index in [9.17, 15) is 33.6 Å². The number of H-pyrrole nitrogens is 1. The number of amides is 5. The lowest BCUT2D eigenvalue weighted by Crippen LogP contribution is -2.58. The Labute approximate surface area is 356 Å². The summed E-state index contributed by atoms with van der Waals surface area (Å²) in [6.45, 7) is 8.23. The van der Waals surface area contributed by atoms with E-state index in [2.05, 4.69) is 26.3 Å². The number of ether oxygens (including phenoxy) is 3. The summed E-state index contributed by atoms with van der Waals surface area (Å²) in [5.74, 6) is -3.62. The average Bonchev–Trinajstić information content (AvgIpc) is 3.89. The van der Waals surface area contributed by atoms with Crippen LogP contribution in [-0.2, 0) is 56.0 Å². The average molecular weight is 845 g/mol. The van der Waals surface area contributed by atoms with Crippen LogP contribution in [0.15, 0.2) is 60.8 Å². The van der Waals surface area contributed by atoms with E-state index in [4.69, 9.17) is 14.2 Å². The van der Waals surface area contributed by atoms with Crippen molar-refractivity contribution in [2.75, 3.05) is 6.54 Å². The Hall–Kier alpha value is -5.93. The fourth-order valence-electron chi connectivity index (χ4n) is 7.53. The van der Waals surface area contributed by atoms with Crippen LogP contribution in [0.1, 0.15) is 104 Å². The van der Waals surface area contributed by atoms with E-state index in [1.54, 1.807) is 27.0 Å². The number of benzene rings is 2. The molecule has 5 amide bonds. The number of aromatic nitrogens is 1. The van der Waals surface area contributed by atoms with Gasteiger partial charge in [0.25, 0.3) is 0 Å². The number of hydrogen-bond donors (Lipinski definition) is 5. The summed E-state index contributed by atoms with van der Waals surface area (Å²) >= 11 is 0. The minimum Gasteiger partial charge on any atom is -0.462 e. The standard InChI is InChI=1S/C45H60N6O10/c1-28(39(53)49-36(25-31-26-46-34-20-13-12-19-33(31)34)40(54)48-29(2)43(57)59-27-30-15-8-6-9-16-30)47-41(55)37-21-14-24-51(37)42(56)35(50-44(58)61-45(3,4)5)22-23-38(52)60-32-17-10-7-11-18-32/h6,8-9,12-13,15-16,19-20,26,28-29,32,35-37,46H,7,10-11,14,17-18,21-25,27H2,1-5H3,(H,47,55)(H,48,54)(H,49,53)(H,50,58)/t28-,29-,35-,36+,37+/m1/s1. The Morgan fingerprint density at radius 3 is 2.21 bits per heavy atom. The fraction of sp³-hybridized carbons (Fsp3) is 0.533. The third kappa shape index (κ3) is 13.8. The van der Waals surface area contributed by atoms with E-state index in [0.29, 0.717) is 12.8 Å². The summed E-state index contributed by atoms with van der Waals surface area (Å²) in [4.78, 5) is 98.4. The first-order valence-electron chi connectivity index (χ1n) is 21.2. The molecule has 0 radical (unpaired) electrons. The van der Waals surface area contributed by atoms with Crippen LogP contribution >= 0.6 is 0 Å². The number of hydrogen-bond acceptors (Lipinski definition) is 10. The third-order valence-corrected chi connectivity index (χ3v) is 10.7. The molecule has 3 aromatic rings. The van der Waals surface area contributed by atoms with Gasteiger partial charge in [0.2, 0.25) is 23.6 Å². The van der Waals surface area contributed by atoms with E-state index in [0.717, 1.165) is 54.1 Å². The van der Waals surface area contributed by atoms with Crippen molar-refractivity contribution in [3.05, 3.63) is 71.9 Å². The van der Waals surface area contributed by atoms with Crippen LogP contribution in [0.2, 0.25) is 0 Å². The Bertz CT molecular complexity index is 2010. The highest BCUT2D eigenvalue weighted by atomic mass is 16.6. The van der Waals surface area contributed by atoms with Gasteiger partial charge in [-0.25, -0.2) is 9.59 Å². The molecular weight excluding hydrogens is 785 g/mol. The molecule has 1 aromatic heterocycles. The number of alkyl carbamates (subject to hydrolysis) is 1. The maximum Gasteiger partial charge on any atom is 0.408 e. The van der Waals surface area contributed by atoms with Crippen molar-refractivity contribution >= 4 is 52.6 Å². The molecule has 5 N–H and O–H groups in total. The summed E-state index contributed by atoms with van der Waals surface area (Å²) in [7, 11) is 0. The number of nitrogens with zero attached hydrogens (tertiary/aromatic N) is 1. The van der Waals surface area contributed by atoms with Crippen molar-refractivity contribution in [1.29, 1.82) is 0 Å². The molecule has 2 aromatic carbocycles. The van der Waals surface area contributed by atoms with Crippen LogP contribution in [-0.4, -0.2) is 100 Å². The largest absolute Gasteiger partial charge is 0.462 e. The molecule has 2 heterocycles. The number of likely N-dealkylation sites (tertiary alicyclic amines) is 1. The van der Waals surface area contributed by atoms with Gasteiger partial charge < -0.3 is 45.4 Å². The molecule has 5 atom stereocenters. The van der Waals surface area contributed by atoms with Gasteiger partial charge in [0.05, 0.1) is 0 Å². The van der Waals surface area contributed by atoms with Crippen molar-refractivity contribution in [3.8, 4) is 0 Å². The summed E-state index contributed by atoms with van der Waals surface area (Å²) in [6.07, 6.45) is 5.97. The zero-order valence-electron chi connectivity index (χ0n) is 35.8. The molecule has 330 valence electrons. The van der Waals surface area contributed by atoms with Gasteiger partial charge in [0, 0.05) is 36.5 Å². The summed E-state index contributed by atoms with van der Waals surface area (Å²) in [5.41, 5.74) is 1.50. The second-order valence-corrected chi connectivity index (χ2v) is 16.9. The molecule has 2 aliphatic rings. The van der Waals surface area contributed by atoms with Crippen LogP contribution in [0.25, 0.3) is 10.9 Å². The normalized spacial score (nSPS) is 17.6. The topological polar surface area (TPSA) is 214 Å². The number of rotatable bonds is 17. The Balaban J connectivity index is 1.23. The predicted octanol–water partition coefficient (Wildman–Crippen LogP) is 4.49. The number of para-hydroxylation sites is 1. The van der Waals surface area contributed by atoms with Gasteiger partial charge in [-0.3, -0.25) is 24.0 Å². The fourth-order valence-corrected chi connectivity index (χ4v) is 7.53. The van der Waals surface area contributed by atoms with Gasteiger partial charge in [-0.15, -0.1) is 0 Å². The van der Waals surface area contributed by atoms with Gasteiger partial charge in [-0.2, -0.15) is 0 Å². The van der Waals surface area contributed by atoms with Crippen LogP contribution in [0.5, 0.6) is 0 Å². The Morgan fingerprint density at radius 1 is 0.787 bits per heavy atom. The van der Waals surface area contributed by atoms with E-state index >= 15 is 0 Å². The van der Waals surface area contributed by atoms with E-state index in [1.165, 1.54) is 18.7 Å². The highest BCUT2D eigenvalue weighted by Gasteiger charge is 2.39. The zero-order chi connectivity index (χ0) is 44.1. The second-order valence-electron chi connectivity index (χ2n) is 16.9. The van der Waals surface area contributed by atoms with E-state index in [1.807, 2.05) is 54.6 Å². The highest BCUT2D eigenvalue weighted by Crippen LogP contribution is 2.24. The first-order valence-corrected chi connectivity index (χ1v) is 21.2. The van der Waals surface area contributed by atoms with Crippen LogP contribution < -0.4 is 21.3 Å². The van der Waals surface area contributed by atoms with Gasteiger partial charge in [-0.05, 0) is 96.8 Å². The Kier molecular flexibility index (Phi) is 16.3. The van der Waals surface area contributed by atoms with Gasteiger partial charge >= 0.3 is 18.0 Å². The predicted molar refractivity (Wildman–Crippen MR) is 225 cm³/mol. The van der Waals surface area contributed by atoms with Crippen molar-refractivity contribution in [3.63, 3.8) is 0 Å². The molecule has 16 nitrogen and oxygen atoms in total. The number of carbonyl (C=O) groups is 7. The molecule has 1 aliphatic heterocycles. The summed E-state index contributed by atoms with van der Waals surface area (Å²) in [6, 6.07) is 11.1. The second kappa shape index (κ2) is 21.5. The number of aromatic amines is 1. The lowest BCUT2D eigenvalue weighted by Gasteiger charge is -2.30. The van der Waals surface area contributed by atoms with Crippen molar-refractivity contribution in [2.45, 2.75) is 147 Å². The minimum atomic E-state index is -1.19. The van der Waals surface area contributed by atoms with Crippen LogP contribution in [0.3, 0.4) is 0 Å². The third-order valence-electron chi connectivity index (χ3n) is 10.7. The Morgan fingerprint density at radius 2 is 1.49 bits per heavy atom. The summed E-state index contributed by atoms with van der Waals surface area (Å²) in [5, 5.41) is 11.5. The minimum absolute atomic E-state index is 0.0204. The molecule has 0 bridgehead atoms. The maximum atomic E-state index is 14.1. The quantitative estimate of drug-likeness (QED) is 0.0949. The molecular formula is C45H60N6O10. The molecule has 1 saturated carbocycles. The van der Waals surface area contributed by atoms with E-state index < -0.39 is 77.5 Å². The highest BCUT2D eigenvalue weighted by molar-refractivity contribution is 5.96. The number of esters is 2. The SMILES string of the molecule is C[C@@H](NC(=O)[C@@H]1CCCN1C(=O)[C@@H](CCC(=O)OC1CCCCC1)NC(=O)OC(C)(C)C)C(=O)N[C@@H](Cc1c[nH]c2ccccc12)C(=O)N[C@H](C)C(=O)OCc1ccccc1. The molecule has 5 rings (SSSR count). The molecule has 16 heteroatoms. The number of carbonyl (C=O) groups excluding carboxylic acids is 7. The molecule has 0 spiro atoms. The van der Waals surface area contributed by atoms with Crippen molar-refractivity contribution in [2.24, 2.45) is 0 Å². The number of fused-ring (bicyclic) bond motifs is 1. The molecule has 1 saturated heterocycles. The van der Waals surface area contributed by atoms with Crippen LogP contribution in [0.4, 0.5) is 4.79 Å². The summed E-state index contributed by atoms with van der Waals surface area (Å²) < 4.78 is 16.5. The smallest absolute Gasteiger partial charge is 0.408 e. The van der Waals surface area contributed by atoms with Gasteiger partial charge in [-0.1, -0.05) is 55.0 Å². The molecule has 0 unspecified atom stereocenters. The first kappa shape index (κ1) is 46.1. The molecule has 61 heavy (non-hydrogen) atoms. The van der Waals surface area contributed by atoms with Gasteiger partial charge in [0.1, 0.15) is 48.5 Å². The van der Waals surface area contributed by atoms with E-state index in [-0.39, 0.29) is 38.5 Å². The molecule has 2 fully saturated rings. The number of nitrogens with one attached hydrogen (secondary N) is 5. The lowest BCUT2D eigenvalue weighted by molar-refractivity contribution is -0.151. The lowest BCUT2D eigenvalue weighted by atomic mass is 9.98. The maximum absolute atomic E-state index is 14.1. The monoisotopic (exact) mass is 844 g/mol. The first-order chi connectivity index (χ1) is 29.1. The molecule has 1 aliphatic carbocycles. The van der Waals surface area contributed by atoms with Crippen molar-refractivity contribution < 1.29 is 47.8 Å². The van der Waals surface area contributed by atoms with Crippen LogP contribution in [0, 0.1) is 0 Å². The van der Waals surface area contributed by atoms with Gasteiger partial charge in [0.15, 0.2) is 0 Å². The van der Waals surface area contributed by atoms with Crippen molar-refractivity contribution in [1.82, 2.24) is 31.2 Å². The zero-order valence-corrected chi connectivity index (χ0v) is 35.8.